The predicted octanol–water partition coefficient (Wildman–Crippen LogP) is 2.04. The maximum atomic E-state index is 11.4. The van der Waals surface area contributed by atoms with Gasteiger partial charge >= 0.3 is 11.7 Å². The van der Waals surface area contributed by atoms with E-state index in [0.29, 0.717) is 17.5 Å². The number of aliphatic carboxylic acids is 1. The van der Waals surface area contributed by atoms with Crippen molar-refractivity contribution >= 4 is 35.1 Å². The highest BCUT2D eigenvalue weighted by atomic mass is 32.2. The molecule has 0 unspecified atom stereocenters. The molecule has 0 spiro atoms. The Hall–Kier alpha value is -1.80. The first-order valence-electron chi connectivity index (χ1n) is 5.88. The highest BCUT2D eigenvalue weighted by Crippen LogP contribution is 2.25. The summed E-state index contributed by atoms with van der Waals surface area (Å²) in [4.78, 5) is 23.8. The first-order valence-corrected chi connectivity index (χ1v) is 7.68. The Bertz CT molecular complexity index is 684. The molecule has 0 saturated heterocycles. The van der Waals surface area contributed by atoms with E-state index in [1.165, 1.54) is 23.1 Å². The van der Waals surface area contributed by atoms with Crippen LogP contribution in [0.15, 0.2) is 28.2 Å². The molecule has 0 bridgehead atoms. The standard InChI is InChI=1S/C12H13N3O3S2/c1-2-15-11(18)13-14-12(15)19-7-9-4-3-8(20-9)5-6-10(16)17/h3-6H,2,7H2,1H3,(H,13,18)(H,16,17). The van der Waals surface area contributed by atoms with Crippen LogP contribution in [0.1, 0.15) is 16.7 Å². The van der Waals surface area contributed by atoms with E-state index >= 15 is 0 Å². The van der Waals surface area contributed by atoms with Gasteiger partial charge in [0.15, 0.2) is 5.16 Å². The van der Waals surface area contributed by atoms with Crippen LogP contribution in [0.25, 0.3) is 6.08 Å². The molecule has 0 fully saturated rings. The Morgan fingerprint density at radius 1 is 1.60 bits per heavy atom. The van der Waals surface area contributed by atoms with E-state index in [4.69, 9.17) is 5.11 Å². The second-order valence-corrected chi connectivity index (χ2v) is 5.96. The molecule has 2 aromatic heterocycles. The fourth-order valence-corrected chi connectivity index (χ4v) is 3.51. The van der Waals surface area contributed by atoms with Gasteiger partial charge in [-0.1, -0.05) is 11.8 Å². The minimum absolute atomic E-state index is 0.203. The molecule has 0 aliphatic heterocycles. The number of thioether (sulfide) groups is 1. The monoisotopic (exact) mass is 311 g/mol. The van der Waals surface area contributed by atoms with Gasteiger partial charge in [0.2, 0.25) is 0 Å². The smallest absolute Gasteiger partial charge is 0.343 e. The second kappa shape index (κ2) is 6.58. The average molecular weight is 311 g/mol. The molecular weight excluding hydrogens is 298 g/mol. The lowest BCUT2D eigenvalue weighted by Gasteiger charge is -2.00. The van der Waals surface area contributed by atoms with Crippen LogP contribution in [-0.2, 0) is 17.1 Å². The van der Waals surface area contributed by atoms with Crippen LogP contribution in [0.2, 0.25) is 0 Å². The Labute approximate surface area is 123 Å². The largest absolute Gasteiger partial charge is 0.478 e. The molecule has 6 nitrogen and oxygen atoms in total. The Morgan fingerprint density at radius 2 is 2.40 bits per heavy atom. The minimum Gasteiger partial charge on any atom is -0.478 e. The molecule has 2 N–H and O–H groups in total. The highest BCUT2D eigenvalue weighted by molar-refractivity contribution is 7.98. The molecule has 0 aliphatic rings. The number of rotatable bonds is 6. The summed E-state index contributed by atoms with van der Waals surface area (Å²) >= 11 is 2.99. The first kappa shape index (κ1) is 14.6. The van der Waals surface area contributed by atoms with Gasteiger partial charge < -0.3 is 5.11 Å². The molecule has 0 atom stereocenters. The summed E-state index contributed by atoms with van der Waals surface area (Å²) in [5.41, 5.74) is -0.203. The summed E-state index contributed by atoms with van der Waals surface area (Å²) in [7, 11) is 0. The second-order valence-electron chi connectivity index (χ2n) is 3.82. The van der Waals surface area contributed by atoms with E-state index in [2.05, 4.69) is 10.2 Å². The van der Waals surface area contributed by atoms with Crippen molar-refractivity contribution < 1.29 is 9.90 Å². The maximum Gasteiger partial charge on any atom is 0.343 e. The molecule has 8 heteroatoms. The average Bonchev–Trinajstić information content (AvgIpc) is 3.00. The van der Waals surface area contributed by atoms with Crippen molar-refractivity contribution in [1.82, 2.24) is 14.8 Å². The van der Waals surface area contributed by atoms with Gasteiger partial charge in [-0.15, -0.1) is 16.4 Å². The Kier molecular flexibility index (Phi) is 4.80. The van der Waals surface area contributed by atoms with Crippen molar-refractivity contribution in [3.8, 4) is 0 Å². The fourth-order valence-electron chi connectivity index (χ4n) is 1.54. The van der Waals surface area contributed by atoms with Crippen molar-refractivity contribution in [2.45, 2.75) is 24.4 Å². The number of carboxylic acids is 1. The zero-order valence-electron chi connectivity index (χ0n) is 10.7. The van der Waals surface area contributed by atoms with E-state index in [9.17, 15) is 9.59 Å². The maximum absolute atomic E-state index is 11.4. The zero-order chi connectivity index (χ0) is 14.5. The van der Waals surface area contributed by atoms with Gasteiger partial charge in [0.1, 0.15) is 0 Å². The number of thiophene rings is 1. The molecular formula is C12H13N3O3S2. The van der Waals surface area contributed by atoms with Crippen LogP contribution in [0.3, 0.4) is 0 Å². The topological polar surface area (TPSA) is 88.0 Å². The van der Waals surface area contributed by atoms with E-state index in [0.717, 1.165) is 15.8 Å². The lowest BCUT2D eigenvalue weighted by molar-refractivity contribution is -0.131. The van der Waals surface area contributed by atoms with E-state index in [1.807, 2.05) is 19.1 Å². The van der Waals surface area contributed by atoms with Crippen molar-refractivity contribution in [2.75, 3.05) is 0 Å². The number of nitrogens with zero attached hydrogens (tertiary/aromatic N) is 2. The van der Waals surface area contributed by atoms with Crippen LogP contribution in [-0.4, -0.2) is 25.8 Å². The first-order chi connectivity index (χ1) is 9.60. The third-order valence-electron chi connectivity index (χ3n) is 2.46. The summed E-state index contributed by atoms with van der Waals surface area (Å²) in [5.74, 6) is -0.270. The molecule has 0 aliphatic carbocycles. The Balaban J connectivity index is 2.01. The summed E-state index contributed by atoms with van der Waals surface area (Å²) in [6, 6.07) is 3.82. The van der Waals surface area contributed by atoms with Gasteiger partial charge in [-0.3, -0.25) is 4.57 Å². The SMILES string of the molecule is CCn1c(SCc2ccc(C=CC(=O)O)s2)n[nH]c1=O. The highest BCUT2D eigenvalue weighted by Gasteiger charge is 2.08. The third kappa shape index (κ3) is 3.61. The van der Waals surface area contributed by atoms with Crippen molar-refractivity contribution in [3.63, 3.8) is 0 Å². The van der Waals surface area contributed by atoms with Crippen molar-refractivity contribution in [1.29, 1.82) is 0 Å². The quantitative estimate of drug-likeness (QED) is 0.629. The molecule has 0 amide bonds. The minimum atomic E-state index is -0.960. The molecule has 0 aromatic carbocycles. The van der Waals surface area contributed by atoms with Gasteiger partial charge in [-0.25, -0.2) is 14.7 Å². The molecule has 2 aromatic rings. The number of aromatic amines is 1. The van der Waals surface area contributed by atoms with Gasteiger partial charge in [0.25, 0.3) is 0 Å². The van der Waals surface area contributed by atoms with Gasteiger partial charge in [0, 0.05) is 28.1 Å². The number of hydrogen-bond acceptors (Lipinski definition) is 5. The van der Waals surface area contributed by atoms with Gasteiger partial charge in [-0.2, -0.15) is 0 Å². The van der Waals surface area contributed by atoms with Crippen LogP contribution >= 0.6 is 23.1 Å². The molecule has 2 rings (SSSR count). The summed E-state index contributed by atoms with van der Waals surface area (Å²) in [6.45, 7) is 2.47. The van der Waals surface area contributed by atoms with E-state index in [-0.39, 0.29) is 5.69 Å². The molecule has 2 heterocycles. The van der Waals surface area contributed by atoms with Crippen molar-refractivity contribution in [2.24, 2.45) is 0 Å². The lowest BCUT2D eigenvalue weighted by atomic mass is 10.4. The van der Waals surface area contributed by atoms with Crippen LogP contribution in [0.5, 0.6) is 0 Å². The zero-order valence-corrected chi connectivity index (χ0v) is 12.3. The summed E-state index contributed by atoms with van der Waals surface area (Å²) < 4.78 is 1.57. The number of carboxylic acid groups (broad SMARTS) is 1. The number of hydrogen-bond donors (Lipinski definition) is 2. The van der Waals surface area contributed by atoms with Gasteiger partial charge in [-0.05, 0) is 25.1 Å². The number of H-pyrrole nitrogens is 1. The van der Waals surface area contributed by atoms with Gasteiger partial charge in [0.05, 0.1) is 0 Å². The summed E-state index contributed by atoms with van der Waals surface area (Å²) in [6.07, 6.45) is 2.68. The number of carbonyl (C=O) groups is 1. The predicted molar refractivity (Wildman–Crippen MR) is 79.1 cm³/mol. The van der Waals surface area contributed by atoms with Crippen LogP contribution in [0, 0.1) is 0 Å². The summed E-state index contributed by atoms with van der Waals surface area (Å²) in [5, 5.41) is 15.6. The molecule has 106 valence electrons. The van der Waals surface area contributed by atoms with Crippen LogP contribution < -0.4 is 5.69 Å². The fraction of sp³-hybridized carbons (Fsp3) is 0.250. The van der Waals surface area contributed by atoms with E-state index < -0.39 is 5.97 Å². The number of nitrogens with one attached hydrogen (secondary N) is 1. The van der Waals surface area contributed by atoms with Crippen molar-refractivity contribution in [3.05, 3.63) is 38.4 Å². The molecule has 0 saturated carbocycles. The lowest BCUT2D eigenvalue weighted by Crippen LogP contribution is -2.16. The van der Waals surface area contributed by atoms with Crippen LogP contribution in [0.4, 0.5) is 0 Å². The van der Waals surface area contributed by atoms with E-state index in [1.54, 1.807) is 10.6 Å². The molecule has 0 radical (unpaired) electrons. The Morgan fingerprint density at radius 3 is 3.10 bits per heavy atom. The third-order valence-corrected chi connectivity index (χ3v) is 4.71. The normalized spacial score (nSPS) is 11.2. The number of aromatic nitrogens is 3. The molecule has 20 heavy (non-hydrogen) atoms.